The first-order chi connectivity index (χ1) is 16.6. The molecule has 0 unspecified atom stereocenters. The number of halogens is 4. The highest BCUT2D eigenvalue weighted by molar-refractivity contribution is 9.10. The average Bonchev–Trinajstić information content (AvgIpc) is 2.83. The third-order valence-electron chi connectivity index (χ3n) is 6.45. The van der Waals surface area contributed by atoms with Crippen LogP contribution in [-0.2, 0) is 6.18 Å². The SMILES string of the molecule is COc1ccc([C@H]2c3c(Br)ccc(C(=O)O)c3N[C@H](c3ccc(C(F)(F)F)cc3)[C@H]2C)cc1OC. The van der Waals surface area contributed by atoms with Crippen LogP contribution in [0.5, 0.6) is 11.5 Å². The molecule has 3 aromatic rings. The van der Waals surface area contributed by atoms with Crippen LogP contribution in [0.15, 0.2) is 59.1 Å². The van der Waals surface area contributed by atoms with Crippen LogP contribution >= 0.6 is 15.9 Å². The summed E-state index contributed by atoms with van der Waals surface area (Å²) in [6.45, 7) is 1.99. The first kappa shape index (κ1) is 24.9. The van der Waals surface area contributed by atoms with Crippen LogP contribution in [0.4, 0.5) is 18.9 Å². The number of alkyl halides is 3. The number of rotatable bonds is 5. The van der Waals surface area contributed by atoms with Crippen molar-refractivity contribution in [1.29, 1.82) is 0 Å². The standard InChI is InChI=1S/C26H23BrF3NO4/c1-13-21(15-6-11-19(34-2)20(12-15)35-3)22-18(27)10-9-17(25(32)33)24(22)31-23(13)14-4-7-16(8-5-14)26(28,29)30/h4-13,21,23,31H,1-3H3,(H,32,33)/t13-,21-,23-/m0/s1. The zero-order chi connectivity index (χ0) is 25.5. The van der Waals surface area contributed by atoms with E-state index in [0.29, 0.717) is 22.7 Å². The molecular weight excluding hydrogens is 527 g/mol. The summed E-state index contributed by atoms with van der Waals surface area (Å²) in [7, 11) is 3.07. The lowest BCUT2D eigenvalue weighted by molar-refractivity contribution is -0.137. The number of carboxylic acid groups (broad SMARTS) is 1. The normalized spacial score (nSPS) is 19.5. The van der Waals surface area contributed by atoms with Gasteiger partial charge in [-0.1, -0.05) is 41.1 Å². The Morgan fingerprint density at radius 3 is 2.17 bits per heavy atom. The summed E-state index contributed by atoms with van der Waals surface area (Å²) in [6, 6.07) is 13.2. The van der Waals surface area contributed by atoms with Crippen molar-refractivity contribution in [3.63, 3.8) is 0 Å². The summed E-state index contributed by atoms with van der Waals surface area (Å²) in [5.74, 6) is -0.498. The molecule has 4 rings (SSSR count). The maximum absolute atomic E-state index is 13.1. The van der Waals surface area contributed by atoms with Crippen LogP contribution in [0.3, 0.4) is 0 Å². The molecule has 0 bridgehead atoms. The van der Waals surface area contributed by atoms with E-state index in [1.54, 1.807) is 12.1 Å². The molecule has 35 heavy (non-hydrogen) atoms. The monoisotopic (exact) mass is 549 g/mol. The summed E-state index contributed by atoms with van der Waals surface area (Å²) in [4.78, 5) is 12.1. The Morgan fingerprint density at radius 1 is 0.971 bits per heavy atom. The second-order valence-electron chi connectivity index (χ2n) is 8.38. The van der Waals surface area contributed by atoms with E-state index in [2.05, 4.69) is 21.2 Å². The number of anilines is 1. The first-order valence-electron chi connectivity index (χ1n) is 10.8. The van der Waals surface area contributed by atoms with Gasteiger partial charge in [-0.15, -0.1) is 0 Å². The summed E-state index contributed by atoms with van der Waals surface area (Å²) < 4.78 is 51.0. The van der Waals surface area contributed by atoms with Crippen LogP contribution in [0.25, 0.3) is 0 Å². The van der Waals surface area contributed by atoms with Crippen molar-refractivity contribution >= 4 is 27.6 Å². The Morgan fingerprint density at radius 2 is 1.60 bits per heavy atom. The topological polar surface area (TPSA) is 67.8 Å². The highest BCUT2D eigenvalue weighted by Crippen LogP contribution is 2.52. The predicted octanol–water partition coefficient (Wildman–Crippen LogP) is 7.12. The van der Waals surface area contributed by atoms with Crippen molar-refractivity contribution in [3.05, 3.63) is 86.9 Å². The number of hydrogen-bond donors (Lipinski definition) is 2. The average molecular weight is 550 g/mol. The van der Waals surface area contributed by atoms with Crippen LogP contribution in [0, 0.1) is 5.92 Å². The zero-order valence-electron chi connectivity index (χ0n) is 19.1. The van der Waals surface area contributed by atoms with Gasteiger partial charge in [0.15, 0.2) is 11.5 Å². The summed E-state index contributed by atoms with van der Waals surface area (Å²) in [5, 5.41) is 13.2. The van der Waals surface area contributed by atoms with Gasteiger partial charge in [-0.25, -0.2) is 4.79 Å². The lowest BCUT2D eigenvalue weighted by Gasteiger charge is -2.41. The van der Waals surface area contributed by atoms with E-state index < -0.39 is 23.8 Å². The van der Waals surface area contributed by atoms with E-state index in [0.717, 1.165) is 27.7 Å². The van der Waals surface area contributed by atoms with Crippen molar-refractivity contribution < 1.29 is 32.5 Å². The minimum absolute atomic E-state index is 0.0810. The molecule has 1 aliphatic rings. The van der Waals surface area contributed by atoms with Crippen LogP contribution < -0.4 is 14.8 Å². The van der Waals surface area contributed by atoms with Gasteiger partial charge in [-0.05, 0) is 59.0 Å². The van der Waals surface area contributed by atoms with E-state index in [-0.39, 0.29) is 17.4 Å². The highest BCUT2D eigenvalue weighted by atomic mass is 79.9. The van der Waals surface area contributed by atoms with Gasteiger partial charge in [0.2, 0.25) is 0 Å². The molecule has 0 aromatic heterocycles. The van der Waals surface area contributed by atoms with Crippen molar-refractivity contribution in [2.24, 2.45) is 5.92 Å². The Kier molecular flexibility index (Phi) is 6.73. The number of carbonyl (C=O) groups is 1. The fourth-order valence-electron chi connectivity index (χ4n) is 4.76. The van der Waals surface area contributed by atoms with Crippen molar-refractivity contribution in [2.75, 3.05) is 19.5 Å². The number of fused-ring (bicyclic) bond motifs is 1. The molecule has 1 aliphatic heterocycles. The summed E-state index contributed by atoms with van der Waals surface area (Å²) in [6.07, 6.45) is -4.44. The molecule has 0 spiro atoms. The van der Waals surface area contributed by atoms with Crippen LogP contribution in [0.1, 0.15) is 51.5 Å². The van der Waals surface area contributed by atoms with Gasteiger partial charge in [-0.2, -0.15) is 13.2 Å². The van der Waals surface area contributed by atoms with Crippen molar-refractivity contribution in [1.82, 2.24) is 0 Å². The minimum atomic E-state index is -4.44. The number of hydrogen-bond acceptors (Lipinski definition) is 4. The number of aromatic carboxylic acids is 1. The Balaban J connectivity index is 1.90. The van der Waals surface area contributed by atoms with E-state index in [1.807, 2.05) is 19.1 Å². The molecule has 3 aromatic carbocycles. The first-order valence-corrected chi connectivity index (χ1v) is 11.6. The molecule has 5 nitrogen and oxygen atoms in total. The largest absolute Gasteiger partial charge is 0.493 e. The van der Waals surface area contributed by atoms with E-state index >= 15 is 0 Å². The molecule has 0 aliphatic carbocycles. The van der Waals surface area contributed by atoms with E-state index in [1.165, 1.54) is 32.4 Å². The molecule has 2 N–H and O–H groups in total. The maximum Gasteiger partial charge on any atom is 0.416 e. The van der Waals surface area contributed by atoms with E-state index in [9.17, 15) is 23.1 Å². The molecule has 0 fully saturated rings. The number of ether oxygens (including phenoxy) is 2. The lowest BCUT2D eigenvalue weighted by Crippen LogP contribution is -2.32. The Bertz CT molecular complexity index is 1260. The lowest BCUT2D eigenvalue weighted by atomic mass is 9.72. The van der Waals surface area contributed by atoms with Gasteiger partial charge in [0.25, 0.3) is 0 Å². The van der Waals surface area contributed by atoms with Crippen molar-refractivity contribution in [2.45, 2.75) is 25.1 Å². The zero-order valence-corrected chi connectivity index (χ0v) is 20.7. The second kappa shape index (κ2) is 9.45. The summed E-state index contributed by atoms with van der Waals surface area (Å²) >= 11 is 3.59. The van der Waals surface area contributed by atoms with Crippen LogP contribution in [-0.4, -0.2) is 25.3 Å². The fraction of sp³-hybridized carbons (Fsp3) is 0.269. The second-order valence-corrected chi connectivity index (χ2v) is 9.24. The molecule has 0 saturated carbocycles. The van der Waals surface area contributed by atoms with Crippen LogP contribution in [0.2, 0.25) is 0 Å². The van der Waals surface area contributed by atoms with Gasteiger partial charge in [0.05, 0.1) is 37.1 Å². The highest BCUT2D eigenvalue weighted by Gasteiger charge is 2.39. The molecule has 184 valence electrons. The summed E-state index contributed by atoms with van der Waals surface area (Å²) in [5.41, 5.74) is 2.01. The Labute approximate surface area is 209 Å². The quantitative estimate of drug-likeness (QED) is 0.354. The van der Waals surface area contributed by atoms with Gasteiger partial charge in [0.1, 0.15) is 0 Å². The number of nitrogens with one attached hydrogen (secondary N) is 1. The molecule has 0 radical (unpaired) electrons. The molecule has 1 heterocycles. The molecule has 3 atom stereocenters. The molecule has 0 amide bonds. The van der Waals surface area contributed by atoms with Gasteiger partial charge in [0, 0.05) is 10.4 Å². The maximum atomic E-state index is 13.1. The molecular formula is C26H23BrF3NO4. The molecule has 0 saturated heterocycles. The van der Waals surface area contributed by atoms with Crippen molar-refractivity contribution in [3.8, 4) is 11.5 Å². The predicted molar refractivity (Wildman–Crippen MR) is 129 cm³/mol. The van der Waals surface area contributed by atoms with E-state index in [4.69, 9.17) is 9.47 Å². The molecule has 9 heteroatoms. The third kappa shape index (κ3) is 4.57. The minimum Gasteiger partial charge on any atom is -0.493 e. The Hall–Kier alpha value is -3.20. The van der Waals surface area contributed by atoms with Gasteiger partial charge in [-0.3, -0.25) is 0 Å². The number of methoxy groups -OCH3 is 2. The fourth-order valence-corrected chi connectivity index (χ4v) is 5.33. The smallest absolute Gasteiger partial charge is 0.416 e. The number of carboxylic acids is 1. The van der Waals surface area contributed by atoms with Gasteiger partial charge >= 0.3 is 12.1 Å². The van der Waals surface area contributed by atoms with Gasteiger partial charge < -0.3 is 19.9 Å². The third-order valence-corrected chi connectivity index (χ3v) is 7.14. The number of benzene rings is 3.